The lowest BCUT2D eigenvalue weighted by atomic mass is 9.82. The molecule has 2 rings (SSSR count). The minimum absolute atomic E-state index is 0.243. The van der Waals surface area contributed by atoms with Gasteiger partial charge in [-0.15, -0.1) is 0 Å². The van der Waals surface area contributed by atoms with Crippen LogP contribution in [0, 0.1) is 5.41 Å². The third-order valence-electron chi connectivity index (χ3n) is 3.65. The molecule has 4 N–H and O–H groups in total. The molecular formula is C17H22N4O3. The van der Waals surface area contributed by atoms with E-state index < -0.39 is 6.23 Å². The van der Waals surface area contributed by atoms with Gasteiger partial charge in [-0.3, -0.25) is 9.78 Å². The second-order valence-corrected chi connectivity index (χ2v) is 6.56. The van der Waals surface area contributed by atoms with Crippen molar-refractivity contribution in [1.82, 2.24) is 20.8 Å². The summed E-state index contributed by atoms with van der Waals surface area (Å²) in [7, 11) is 0. The second-order valence-electron chi connectivity index (χ2n) is 6.56. The highest BCUT2D eigenvalue weighted by Crippen LogP contribution is 2.33. The number of nitrogens with zero attached hydrogens (tertiary/aromatic N) is 2. The van der Waals surface area contributed by atoms with Crippen molar-refractivity contribution < 1.29 is 15.1 Å². The van der Waals surface area contributed by atoms with Crippen molar-refractivity contribution in [1.29, 1.82) is 0 Å². The van der Waals surface area contributed by atoms with Gasteiger partial charge in [-0.25, -0.2) is 4.98 Å². The van der Waals surface area contributed by atoms with Crippen LogP contribution in [-0.2, 0) is 0 Å². The molecule has 2 atom stereocenters. The predicted octanol–water partition coefficient (Wildman–Crippen LogP) is 1.96. The molecule has 0 radical (unpaired) electrons. The normalized spacial score (nSPS) is 14.0. The number of nitrogens with one attached hydrogen (secondary N) is 2. The van der Waals surface area contributed by atoms with Crippen molar-refractivity contribution >= 4 is 5.91 Å². The lowest BCUT2D eigenvalue weighted by molar-refractivity contribution is 0.000680. The smallest absolute Gasteiger partial charge is 0.271 e. The monoisotopic (exact) mass is 330 g/mol. The third-order valence-corrected chi connectivity index (χ3v) is 3.65. The Labute approximate surface area is 140 Å². The Bertz CT molecular complexity index is 668. The standard InChI is InChI=1S/C17H22N4O3/c1-17(2,3)14(20-16(23)13-10-18-8-9-19-13)11-4-6-12(7-5-11)15(22)21-24/h4-10,14-15,21-22,24H,1-3H3,(H,20,23). The van der Waals surface area contributed by atoms with Gasteiger partial charge < -0.3 is 15.6 Å². The van der Waals surface area contributed by atoms with Crippen LogP contribution >= 0.6 is 0 Å². The zero-order chi connectivity index (χ0) is 17.7. The summed E-state index contributed by atoms with van der Waals surface area (Å²) in [6.07, 6.45) is 3.25. The van der Waals surface area contributed by atoms with E-state index in [-0.39, 0.29) is 23.1 Å². The molecule has 0 saturated carbocycles. The van der Waals surface area contributed by atoms with Crippen molar-refractivity contribution in [2.75, 3.05) is 0 Å². The van der Waals surface area contributed by atoms with E-state index in [9.17, 15) is 9.90 Å². The number of aliphatic hydroxyl groups is 1. The molecule has 24 heavy (non-hydrogen) atoms. The highest BCUT2D eigenvalue weighted by Gasteiger charge is 2.28. The van der Waals surface area contributed by atoms with Gasteiger partial charge in [-0.2, -0.15) is 5.48 Å². The van der Waals surface area contributed by atoms with Crippen LogP contribution in [0.15, 0.2) is 42.9 Å². The van der Waals surface area contributed by atoms with Crippen LogP contribution in [0.2, 0.25) is 0 Å². The van der Waals surface area contributed by atoms with Gasteiger partial charge in [0.15, 0.2) is 6.23 Å². The van der Waals surface area contributed by atoms with E-state index in [2.05, 4.69) is 15.3 Å². The summed E-state index contributed by atoms with van der Waals surface area (Å²) >= 11 is 0. The fourth-order valence-corrected chi connectivity index (χ4v) is 2.37. The van der Waals surface area contributed by atoms with Crippen molar-refractivity contribution in [3.63, 3.8) is 0 Å². The number of amides is 1. The fourth-order valence-electron chi connectivity index (χ4n) is 2.37. The maximum Gasteiger partial charge on any atom is 0.271 e. The second kappa shape index (κ2) is 7.48. The molecule has 0 aliphatic carbocycles. The van der Waals surface area contributed by atoms with Gasteiger partial charge in [0.25, 0.3) is 5.91 Å². The number of hydroxylamine groups is 1. The van der Waals surface area contributed by atoms with Crippen LogP contribution in [0.5, 0.6) is 0 Å². The molecule has 0 spiro atoms. The minimum Gasteiger partial charge on any atom is -0.372 e. The van der Waals surface area contributed by atoms with Crippen molar-refractivity contribution in [2.24, 2.45) is 5.41 Å². The highest BCUT2D eigenvalue weighted by atomic mass is 16.5. The molecule has 2 unspecified atom stereocenters. The summed E-state index contributed by atoms with van der Waals surface area (Å²) in [5, 5.41) is 21.3. The molecule has 0 aliphatic rings. The SMILES string of the molecule is CC(C)(C)C(NC(=O)c1cnccn1)c1ccc(C(O)NO)cc1. The summed E-state index contributed by atoms with van der Waals surface area (Å²) in [6, 6.07) is 6.73. The Morgan fingerprint density at radius 2 is 1.75 bits per heavy atom. The van der Waals surface area contributed by atoms with E-state index in [4.69, 9.17) is 5.21 Å². The number of aliphatic hydroxyl groups excluding tert-OH is 1. The highest BCUT2D eigenvalue weighted by molar-refractivity contribution is 5.92. The first-order valence-electron chi connectivity index (χ1n) is 7.57. The summed E-state index contributed by atoms with van der Waals surface area (Å²) in [5.41, 5.74) is 3.20. The topological polar surface area (TPSA) is 107 Å². The number of rotatable bonds is 5. The Hall–Kier alpha value is -2.35. The molecule has 7 nitrogen and oxygen atoms in total. The first-order chi connectivity index (χ1) is 11.3. The number of carbonyl (C=O) groups is 1. The third kappa shape index (κ3) is 4.35. The van der Waals surface area contributed by atoms with Crippen molar-refractivity contribution in [3.05, 3.63) is 59.7 Å². The van der Waals surface area contributed by atoms with Crippen LogP contribution in [0.4, 0.5) is 0 Å². The zero-order valence-electron chi connectivity index (χ0n) is 13.9. The maximum atomic E-state index is 12.4. The van der Waals surface area contributed by atoms with E-state index in [0.29, 0.717) is 5.56 Å². The molecule has 0 bridgehead atoms. The van der Waals surface area contributed by atoms with Gasteiger partial charge in [0, 0.05) is 12.4 Å². The summed E-state index contributed by atoms with van der Waals surface area (Å²) in [5.74, 6) is -0.302. The number of hydrogen-bond donors (Lipinski definition) is 4. The van der Waals surface area contributed by atoms with Crippen molar-refractivity contribution in [2.45, 2.75) is 33.0 Å². The minimum atomic E-state index is -1.15. The zero-order valence-corrected chi connectivity index (χ0v) is 13.9. The summed E-state index contributed by atoms with van der Waals surface area (Å²) < 4.78 is 0. The molecule has 128 valence electrons. The molecular weight excluding hydrogens is 308 g/mol. The van der Waals surface area contributed by atoms with Gasteiger partial charge in [0.1, 0.15) is 5.69 Å². The Balaban J connectivity index is 2.24. The van der Waals surface area contributed by atoms with Crippen LogP contribution in [0.3, 0.4) is 0 Å². The molecule has 1 aromatic heterocycles. The van der Waals surface area contributed by atoms with Gasteiger partial charge in [-0.05, 0) is 16.5 Å². The van der Waals surface area contributed by atoms with Crippen LogP contribution in [0.1, 0.15) is 54.7 Å². The molecule has 1 heterocycles. The van der Waals surface area contributed by atoms with E-state index in [1.54, 1.807) is 17.6 Å². The Kier molecular flexibility index (Phi) is 5.61. The summed E-state index contributed by atoms with van der Waals surface area (Å²) in [4.78, 5) is 20.3. The summed E-state index contributed by atoms with van der Waals surface area (Å²) in [6.45, 7) is 6.06. The average Bonchev–Trinajstić information content (AvgIpc) is 2.58. The number of hydrogen-bond acceptors (Lipinski definition) is 6. The molecule has 1 aromatic carbocycles. The largest absolute Gasteiger partial charge is 0.372 e. The average molecular weight is 330 g/mol. The molecule has 0 fully saturated rings. The maximum absolute atomic E-state index is 12.4. The van der Waals surface area contributed by atoms with Crippen LogP contribution in [-0.4, -0.2) is 26.2 Å². The van der Waals surface area contributed by atoms with E-state index in [1.807, 2.05) is 32.9 Å². The first-order valence-corrected chi connectivity index (χ1v) is 7.57. The molecule has 1 amide bonds. The lowest BCUT2D eigenvalue weighted by Crippen LogP contribution is -2.37. The Morgan fingerprint density at radius 1 is 1.12 bits per heavy atom. The van der Waals surface area contributed by atoms with E-state index >= 15 is 0 Å². The molecule has 0 aliphatic heterocycles. The van der Waals surface area contributed by atoms with Gasteiger partial charge in [-0.1, -0.05) is 45.0 Å². The van der Waals surface area contributed by atoms with Gasteiger partial charge in [0.05, 0.1) is 12.2 Å². The van der Waals surface area contributed by atoms with Gasteiger partial charge >= 0.3 is 0 Å². The Morgan fingerprint density at radius 3 is 2.25 bits per heavy atom. The number of aromatic nitrogens is 2. The van der Waals surface area contributed by atoms with Crippen molar-refractivity contribution in [3.8, 4) is 0 Å². The lowest BCUT2D eigenvalue weighted by Gasteiger charge is -2.32. The predicted molar refractivity (Wildman–Crippen MR) is 88.0 cm³/mol. The van der Waals surface area contributed by atoms with Gasteiger partial charge in [0.2, 0.25) is 0 Å². The van der Waals surface area contributed by atoms with E-state index in [1.165, 1.54) is 18.6 Å². The molecule has 2 aromatic rings. The van der Waals surface area contributed by atoms with E-state index in [0.717, 1.165) is 5.56 Å². The fraction of sp³-hybridized carbons (Fsp3) is 0.353. The number of benzene rings is 1. The quantitative estimate of drug-likeness (QED) is 0.493. The molecule has 7 heteroatoms. The molecule has 0 saturated heterocycles. The first kappa shape index (κ1) is 18.0. The van der Waals surface area contributed by atoms with Crippen LogP contribution in [0.25, 0.3) is 0 Å². The number of carbonyl (C=O) groups excluding carboxylic acids is 1. The van der Waals surface area contributed by atoms with Crippen LogP contribution < -0.4 is 10.8 Å².